The van der Waals surface area contributed by atoms with Crippen molar-refractivity contribution in [3.63, 3.8) is 0 Å². The molecule has 4 rings (SSSR count). The highest BCUT2D eigenvalue weighted by molar-refractivity contribution is 9.10. The zero-order chi connectivity index (χ0) is 16.1. The monoisotopic (exact) mass is 376 g/mol. The maximum Gasteiger partial charge on any atom is 0.347 e. The van der Waals surface area contributed by atoms with E-state index in [1.807, 2.05) is 25.1 Å². The first-order valence-corrected chi connectivity index (χ1v) is 8.38. The molecule has 0 aliphatic carbocycles. The van der Waals surface area contributed by atoms with Gasteiger partial charge in [0.15, 0.2) is 0 Å². The second-order valence-corrected chi connectivity index (χ2v) is 6.82. The SMILES string of the molecule is CC1CN(n2c(=O)n(C)c3cnc4ccc(Br)cc4c32)CCO1. The summed E-state index contributed by atoms with van der Waals surface area (Å²) >= 11 is 3.52. The van der Waals surface area contributed by atoms with Crippen LogP contribution in [0.3, 0.4) is 0 Å². The Balaban J connectivity index is 2.07. The van der Waals surface area contributed by atoms with Crippen molar-refractivity contribution in [1.82, 2.24) is 14.2 Å². The fraction of sp³-hybridized carbons (Fsp3) is 0.375. The molecule has 0 amide bonds. The Hall–Kier alpha value is -1.86. The molecule has 1 atom stereocenters. The Labute approximate surface area is 141 Å². The Morgan fingerprint density at radius 2 is 2.22 bits per heavy atom. The highest BCUT2D eigenvalue weighted by Crippen LogP contribution is 2.26. The number of hydrogen-bond acceptors (Lipinski definition) is 4. The molecule has 0 bridgehead atoms. The number of hydrogen-bond donors (Lipinski definition) is 0. The lowest BCUT2D eigenvalue weighted by Crippen LogP contribution is -2.51. The molecule has 1 aliphatic heterocycles. The van der Waals surface area contributed by atoms with E-state index < -0.39 is 0 Å². The summed E-state index contributed by atoms with van der Waals surface area (Å²) in [5, 5.41) is 3.04. The number of aromatic nitrogens is 3. The van der Waals surface area contributed by atoms with Gasteiger partial charge in [-0.25, -0.2) is 9.47 Å². The van der Waals surface area contributed by atoms with Gasteiger partial charge in [0.2, 0.25) is 0 Å². The molecule has 0 N–H and O–H groups in total. The van der Waals surface area contributed by atoms with Crippen molar-refractivity contribution in [1.29, 1.82) is 0 Å². The second-order valence-electron chi connectivity index (χ2n) is 5.90. The number of nitrogens with zero attached hydrogens (tertiary/aromatic N) is 4. The van der Waals surface area contributed by atoms with E-state index >= 15 is 0 Å². The molecule has 1 fully saturated rings. The van der Waals surface area contributed by atoms with Crippen LogP contribution in [0.2, 0.25) is 0 Å². The van der Waals surface area contributed by atoms with Crippen molar-refractivity contribution >= 4 is 37.9 Å². The first kappa shape index (κ1) is 14.7. The van der Waals surface area contributed by atoms with Gasteiger partial charge in [0, 0.05) is 16.9 Å². The van der Waals surface area contributed by atoms with Crippen LogP contribution < -0.4 is 10.7 Å². The van der Waals surface area contributed by atoms with Crippen molar-refractivity contribution in [3.8, 4) is 0 Å². The Morgan fingerprint density at radius 3 is 3.00 bits per heavy atom. The lowest BCUT2D eigenvalue weighted by molar-refractivity contribution is 0.0438. The topological polar surface area (TPSA) is 52.3 Å². The van der Waals surface area contributed by atoms with E-state index in [2.05, 4.69) is 25.9 Å². The summed E-state index contributed by atoms with van der Waals surface area (Å²) in [4.78, 5) is 17.3. The molecule has 6 nitrogen and oxygen atoms in total. The van der Waals surface area contributed by atoms with E-state index in [9.17, 15) is 4.79 Å². The molecule has 3 aromatic rings. The third-order valence-corrected chi connectivity index (χ3v) is 4.82. The molecular weight excluding hydrogens is 360 g/mol. The van der Waals surface area contributed by atoms with Crippen LogP contribution in [-0.4, -0.2) is 40.0 Å². The quantitative estimate of drug-likeness (QED) is 0.651. The first-order chi connectivity index (χ1) is 11.1. The zero-order valence-electron chi connectivity index (χ0n) is 13.0. The summed E-state index contributed by atoms with van der Waals surface area (Å²) in [5.41, 5.74) is 2.56. The number of ether oxygens (including phenoxy) is 1. The van der Waals surface area contributed by atoms with E-state index in [0.29, 0.717) is 19.7 Å². The number of fused-ring (bicyclic) bond motifs is 3. The summed E-state index contributed by atoms with van der Waals surface area (Å²) < 4.78 is 10.0. The van der Waals surface area contributed by atoms with Gasteiger partial charge in [0.05, 0.1) is 43.0 Å². The van der Waals surface area contributed by atoms with Gasteiger partial charge >= 0.3 is 5.69 Å². The summed E-state index contributed by atoms with van der Waals surface area (Å²) in [6.07, 6.45) is 1.87. The lowest BCUT2D eigenvalue weighted by Gasteiger charge is -2.33. The third kappa shape index (κ3) is 2.26. The van der Waals surface area contributed by atoms with Crippen LogP contribution in [0, 0.1) is 0 Å². The van der Waals surface area contributed by atoms with Gasteiger partial charge in [0.1, 0.15) is 5.52 Å². The molecule has 23 heavy (non-hydrogen) atoms. The number of rotatable bonds is 1. The second kappa shape index (κ2) is 5.35. The Kier molecular flexibility index (Phi) is 3.42. The standard InChI is InChI=1S/C16H17BrN4O2/c1-10-9-20(5-6-23-10)21-15-12-7-11(17)3-4-13(12)18-8-14(15)19(2)16(21)22/h3-4,7-8,10H,5-6,9H2,1-2H3. The minimum Gasteiger partial charge on any atom is -0.375 e. The fourth-order valence-corrected chi connectivity index (χ4v) is 3.55. The van der Waals surface area contributed by atoms with Gasteiger partial charge in [-0.3, -0.25) is 9.55 Å². The predicted molar refractivity (Wildman–Crippen MR) is 93.5 cm³/mol. The molecule has 1 aromatic carbocycles. The van der Waals surface area contributed by atoms with Crippen molar-refractivity contribution in [3.05, 3.63) is 39.4 Å². The highest BCUT2D eigenvalue weighted by atomic mass is 79.9. The number of morpholine rings is 1. The van der Waals surface area contributed by atoms with Crippen molar-refractivity contribution in [2.24, 2.45) is 7.05 Å². The Bertz CT molecular complexity index is 962. The number of imidazole rings is 1. The minimum absolute atomic E-state index is 0.0524. The van der Waals surface area contributed by atoms with Crippen LogP contribution in [0.15, 0.2) is 33.7 Å². The molecule has 1 saturated heterocycles. The predicted octanol–water partition coefficient (Wildman–Crippen LogP) is 2.01. The number of benzene rings is 1. The highest BCUT2D eigenvalue weighted by Gasteiger charge is 2.23. The summed E-state index contributed by atoms with van der Waals surface area (Å²) in [5.74, 6) is 0. The van der Waals surface area contributed by atoms with Crippen LogP contribution in [0.4, 0.5) is 0 Å². The largest absolute Gasteiger partial charge is 0.375 e. The van der Waals surface area contributed by atoms with Crippen molar-refractivity contribution < 1.29 is 4.74 Å². The molecule has 1 aliphatic rings. The molecule has 1 unspecified atom stereocenters. The van der Waals surface area contributed by atoms with Crippen LogP contribution in [-0.2, 0) is 11.8 Å². The summed E-state index contributed by atoms with van der Waals surface area (Å²) in [6, 6.07) is 5.94. The van der Waals surface area contributed by atoms with Crippen LogP contribution in [0.1, 0.15) is 6.92 Å². The van der Waals surface area contributed by atoms with Gasteiger partial charge in [-0.15, -0.1) is 0 Å². The van der Waals surface area contributed by atoms with Crippen LogP contribution in [0.5, 0.6) is 0 Å². The zero-order valence-corrected chi connectivity index (χ0v) is 14.6. The van der Waals surface area contributed by atoms with Gasteiger partial charge in [0.25, 0.3) is 0 Å². The van der Waals surface area contributed by atoms with Crippen LogP contribution >= 0.6 is 15.9 Å². The summed E-state index contributed by atoms with van der Waals surface area (Å²) in [7, 11) is 1.79. The number of pyridine rings is 1. The van der Waals surface area contributed by atoms with E-state index in [-0.39, 0.29) is 11.8 Å². The van der Waals surface area contributed by atoms with Gasteiger partial charge in [-0.2, -0.15) is 0 Å². The van der Waals surface area contributed by atoms with E-state index in [4.69, 9.17) is 4.74 Å². The maximum absolute atomic E-state index is 12.8. The molecule has 0 radical (unpaired) electrons. The number of halogens is 1. The van der Waals surface area contributed by atoms with Gasteiger partial charge < -0.3 is 9.75 Å². The lowest BCUT2D eigenvalue weighted by atomic mass is 10.2. The van der Waals surface area contributed by atoms with E-state index in [0.717, 1.165) is 26.4 Å². The molecule has 120 valence electrons. The van der Waals surface area contributed by atoms with Crippen molar-refractivity contribution in [2.45, 2.75) is 13.0 Å². The normalized spacial score (nSPS) is 18.9. The van der Waals surface area contributed by atoms with Crippen LogP contribution in [0.25, 0.3) is 21.9 Å². The third-order valence-electron chi connectivity index (χ3n) is 4.33. The molecule has 7 heteroatoms. The average Bonchev–Trinajstić information content (AvgIpc) is 2.79. The first-order valence-electron chi connectivity index (χ1n) is 7.59. The molecule has 0 saturated carbocycles. The van der Waals surface area contributed by atoms with Crippen molar-refractivity contribution in [2.75, 3.05) is 24.7 Å². The van der Waals surface area contributed by atoms with Gasteiger partial charge in [-0.1, -0.05) is 15.9 Å². The maximum atomic E-state index is 12.8. The Morgan fingerprint density at radius 1 is 1.39 bits per heavy atom. The molecular formula is C16H17BrN4O2. The van der Waals surface area contributed by atoms with E-state index in [1.165, 1.54) is 0 Å². The molecule has 3 heterocycles. The van der Waals surface area contributed by atoms with Gasteiger partial charge in [-0.05, 0) is 25.1 Å². The van der Waals surface area contributed by atoms with E-state index in [1.54, 1.807) is 22.5 Å². The number of aryl methyl sites for hydroxylation is 1. The fourth-order valence-electron chi connectivity index (χ4n) is 3.19. The molecule has 2 aromatic heterocycles. The average molecular weight is 377 g/mol. The summed E-state index contributed by atoms with van der Waals surface area (Å²) in [6.45, 7) is 4.04. The smallest absolute Gasteiger partial charge is 0.347 e. The minimum atomic E-state index is -0.0524. The molecule has 0 spiro atoms.